The Bertz CT molecular complexity index is 1250. The predicted octanol–water partition coefficient (Wildman–Crippen LogP) is 5.28. The van der Waals surface area contributed by atoms with E-state index in [4.69, 9.17) is 15.5 Å². The van der Waals surface area contributed by atoms with Crippen molar-refractivity contribution in [3.63, 3.8) is 0 Å². The van der Waals surface area contributed by atoms with Crippen LogP contribution in [-0.4, -0.2) is 40.6 Å². The number of benzene rings is 3. The smallest absolute Gasteiger partial charge is 0.254 e. The minimum Gasteiger partial charge on any atom is -0.497 e. The van der Waals surface area contributed by atoms with Crippen molar-refractivity contribution in [2.45, 2.75) is 32.9 Å². The van der Waals surface area contributed by atoms with Crippen LogP contribution in [-0.2, 0) is 6.54 Å². The van der Waals surface area contributed by atoms with Crippen LogP contribution in [0.25, 0.3) is 11.0 Å². The van der Waals surface area contributed by atoms with Gasteiger partial charge in [0.25, 0.3) is 5.91 Å². The van der Waals surface area contributed by atoms with Gasteiger partial charge >= 0.3 is 0 Å². The molecule has 2 N–H and O–H groups in total. The molecule has 0 aliphatic carbocycles. The fourth-order valence-corrected chi connectivity index (χ4v) is 4.58. The summed E-state index contributed by atoms with van der Waals surface area (Å²) >= 11 is 0. The molecule has 3 aromatic carbocycles. The second-order valence-electron chi connectivity index (χ2n) is 9.09. The maximum Gasteiger partial charge on any atom is 0.254 e. The number of hydrogen-bond acceptors (Lipinski definition) is 4. The first-order chi connectivity index (χ1) is 17.0. The molecule has 0 aliphatic heterocycles. The normalized spacial score (nSPS) is 12.1. The zero-order valence-corrected chi connectivity index (χ0v) is 20.7. The Hall–Kier alpha value is -3.64. The van der Waals surface area contributed by atoms with Crippen molar-refractivity contribution in [1.82, 2.24) is 14.5 Å². The lowest BCUT2D eigenvalue weighted by molar-refractivity contribution is 0.0605. The Balaban J connectivity index is 1.81. The van der Waals surface area contributed by atoms with Crippen molar-refractivity contribution in [3.05, 3.63) is 95.8 Å². The number of hydrogen-bond donors (Lipinski definition) is 1. The van der Waals surface area contributed by atoms with Crippen molar-refractivity contribution in [2.75, 3.05) is 20.2 Å². The first-order valence-corrected chi connectivity index (χ1v) is 12.2. The molecule has 1 unspecified atom stereocenters. The van der Waals surface area contributed by atoms with Crippen molar-refractivity contribution in [1.29, 1.82) is 0 Å². The molecule has 4 aromatic rings. The van der Waals surface area contributed by atoms with Gasteiger partial charge in [-0.1, -0.05) is 56.3 Å². The maximum absolute atomic E-state index is 13.9. The van der Waals surface area contributed by atoms with Gasteiger partial charge in [0.15, 0.2) is 0 Å². The third-order valence-corrected chi connectivity index (χ3v) is 6.30. The third-order valence-electron chi connectivity index (χ3n) is 6.30. The molecule has 0 radical (unpaired) electrons. The predicted molar refractivity (Wildman–Crippen MR) is 141 cm³/mol. The molecule has 1 amide bonds. The first-order valence-electron chi connectivity index (χ1n) is 12.2. The lowest BCUT2D eigenvalue weighted by atomic mass is 9.99. The van der Waals surface area contributed by atoms with Crippen molar-refractivity contribution in [3.8, 4) is 5.75 Å². The molecule has 1 heterocycles. The zero-order chi connectivity index (χ0) is 24.8. The number of carbonyl (C=O) groups is 1. The van der Waals surface area contributed by atoms with E-state index >= 15 is 0 Å². The summed E-state index contributed by atoms with van der Waals surface area (Å²) in [7, 11) is 1.62. The van der Waals surface area contributed by atoms with Crippen molar-refractivity contribution in [2.24, 2.45) is 11.7 Å². The summed E-state index contributed by atoms with van der Waals surface area (Å²) in [6.07, 6.45) is 0.712. The Labute approximate surface area is 207 Å². The number of imidazole rings is 1. The second-order valence-corrected chi connectivity index (χ2v) is 9.09. The molecule has 6 heteroatoms. The molecule has 35 heavy (non-hydrogen) atoms. The van der Waals surface area contributed by atoms with Gasteiger partial charge in [0.1, 0.15) is 11.6 Å². The van der Waals surface area contributed by atoms with E-state index in [0.29, 0.717) is 31.6 Å². The summed E-state index contributed by atoms with van der Waals surface area (Å²) < 4.78 is 7.54. The molecular weight excluding hydrogens is 436 g/mol. The molecule has 0 fully saturated rings. The fourth-order valence-electron chi connectivity index (χ4n) is 4.58. The number of amides is 1. The molecule has 0 saturated heterocycles. The summed E-state index contributed by atoms with van der Waals surface area (Å²) in [4.78, 5) is 20.9. The highest BCUT2D eigenvalue weighted by molar-refractivity contribution is 5.94. The number of methoxy groups -OCH3 is 1. The number of rotatable bonds is 10. The standard InChI is InChI=1S/C29H34N4O2/c1-21(2)27(32(19-9-18-30)29(34)23-14-16-24(35-3)17-15-23)28-31-25-12-7-8-13-26(25)33(28)20-22-10-5-4-6-11-22/h4-8,10-17,21,27H,9,18-20,30H2,1-3H3. The second kappa shape index (κ2) is 11.2. The zero-order valence-electron chi connectivity index (χ0n) is 20.7. The maximum atomic E-state index is 13.9. The van der Waals surface area contributed by atoms with Gasteiger partial charge in [-0.15, -0.1) is 0 Å². The molecule has 0 bridgehead atoms. The molecule has 0 aliphatic rings. The number of nitrogens with two attached hydrogens (primary N) is 1. The highest BCUT2D eigenvalue weighted by atomic mass is 16.5. The van der Waals surface area contributed by atoms with E-state index in [1.165, 1.54) is 5.56 Å². The minimum atomic E-state index is -0.215. The monoisotopic (exact) mass is 470 g/mol. The van der Waals surface area contributed by atoms with Crippen molar-refractivity contribution < 1.29 is 9.53 Å². The number of ether oxygens (including phenoxy) is 1. The van der Waals surface area contributed by atoms with E-state index in [1.54, 1.807) is 7.11 Å². The molecule has 0 saturated carbocycles. The summed E-state index contributed by atoms with van der Waals surface area (Å²) in [5.74, 6) is 1.73. The molecule has 1 atom stereocenters. The van der Waals surface area contributed by atoms with E-state index in [-0.39, 0.29) is 17.9 Å². The van der Waals surface area contributed by atoms with Crippen LogP contribution in [0.1, 0.15) is 48.1 Å². The Morgan fingerprint density at radius 2 is 1.69 bits per heavy atom. The highest BCUT2D eigenvalue weighted by Crippen LogP contribution is 2.33. The van der Waals surface area contributed by atoms with Crippen LogP contribution in [0.5, 0.6) is 5.75 Å². The van der Waals surface area contributed by atoms with E-state index in [2.05, 4.69) is 48.7 Å². The third kappa shape index (κ3) is 5.38. The van der Waals surface area contributed by atoms with Gasteiger partial charge in [-0.25, -0.2) is 4.98 Å². The van der Waals surface area contributed by atoms with E-state index in [9.17, 15) is 4.79 Å². The molecular formula is C29H34N4O2. The molecule has 4 rings (SSSR count). The van der Waals surface area contributed by atoms with E-state index in [0.717, 1.165) is 22.6 Å². The largest absolute Gasteiger partial charge is 0.497 e. The number of fused-ring (bicyclic) bond motifs is 1. The van der Waals surface area contributed by atoms with Crippen LogP contribution in [0.2, 0.25) is 0 Å². The summed E-state index contributed by atoms with van der Waals surface area (Å²) in [6.45, 7) is 6.04. The topological polar surface area (TPSA) is 73.4 Å². The lowest BCUT2D eigenvalue weighted by Crippen LogP contribution is -2.40. The van der Waals surface area contributed by atoms with Gasteiger partial charge < -0.3 is 19.9 Å². The average Bonchev–Trinajstić information content (AvgIpc) is 3.24. The van der Waals surface area contributed by atoms with Gasteiger partial charge in [-0.3, -0.25) is 4.79 Å². The van der Waals surface area contributed by atoms with Gasteiger partial charge in [0, 0.05) is 18.7 Å². The minimum absolute atomic E-state index is 0.0295. The number of aromatic nitrogens is 2. The summed E-state index contributed by atoms with van der Waals surface area (Å²) in [5, 5.41) is 0. The van der Waals surface area contributed by atoms with Crippen molar-refractivity contribution >= 4 is 16.9 Å². The van der Waals surface area contributed by atoms with Gasteiger partial charge in [0.05, 0.1) is 24.2 Å². The number of nitrogens with zero attached hydrogens (tertiary/aromatic N) is 3. The number of carbonyl (C=O) groups excluding carboxylic acids is 1. The molecule has 1 aromatic heterocycles. The van der Waals surface area contributed by atoms with Crippen LogP contribution in [0.3, 0.4) is 0 Å². The van der Waals surface area contributed by atoms with Gasteiger partial charge in [-0.05, 0) is 60.8 Å². The average molecular weight is 471 g/mol. The Kier molecular flexibility index (Phi) is 7.83. The van der Waals surface area contributed by atoms with Crippen LogP contribution in [0, 0.1) is 5.92 Å². The number of para-hydroxylation sites is 2. The summed E-state index contributed by atoms with van der Waals surface area (Å²) in [6, 6.07) is 25.6. The lowest BCUT2D eigenvalue weighted by Gasteiger charge is -2.34. The molecule has 6 nitrogen and oxygen atoms in total. The highest BCUT2D eigenvalue weighted by Gasteiger charge is 2.32. The van der Waals surface area contributed by atoms with Crippen LogP contribution in [0.15, 0.2) is 78.9 Å². The van der Waals surface area contributed by atoms with Crippen LogP contribution >= 0.6 is 0 Å². The first kappa shape index (κ1) is 24.5. The molecule has 0 spiro atoms. The van der Waals surface area contributed by atoms with E-state index < -0.39 is 0 Å². The molecule has 182 valence electrons. The SMILES string of the molecule is COc1ccc(C(=O)N(CCCN)C(c2nc3ccccc3n2Cc2ccccc2)C(C)C)cc1. The summed E-state index contributed by atoms with van der Waals surface area (Å²) in [5.41, 5.74) is 9.69. The fraction of sp³-hybridized carbons (Fsp3) is 0.310. The van der Waals surface area contributed by atoms with E-state index in [1.807, 2.05) is 53.4 Å². The Morgan fingerprint density at radius 3 is 2.34 bits per heavy atom. The van der Waals surface area contributed by atoms with Gasteiger partial charge in [0.2, 0.25) is 0 Å². The Morgan fingerprint density at radius 1 is 1.00 bits per heavy atom. The van der Waals surface area contributed by atoms with Crippen LogP contribution < -0.4 is 10.5 Å². The van der Waals surface area contributed by atoms with Crippen LogP contribution in [0.4, 0.5) is 0 Å². The van der Waals surface area contributed by atoms with Gasteiger partial charge in [-0.2, -0.15) is 0 Å². The quantitative estimate of drug-likeness (QED) is 0.342.